The quantitative estimate of drug-likeness (QED) is 0.847. The Kier molecular flexibility index (Phi) is 5.09. The van der Waals surface area contributed by atoms with Crippen LogP contribution in [-0.2, 0) is 0 Å². The van der Waals surface area contributed by atoms with Gasteiger partial charge in [-0.1, -0.05) is 15.9 Å². The van der Waals surface area contributed by atoms with Gasteiger partial charge in [-0.2, -0.15) is 0 Å². The largest absolute Gasteiger partial charge is 0.496 e. The van der Waals surface area contributed by atoms with Crippen molar-refractivity contribution in [3.63, 3.8) is 0 Å². The third-order valence-corrected chi connectivity index (χ3v) is 2.95. The molecule has 0 amide bonds. The van der Waals surface area contributed by atoms with E-state index in [9.17, 15) is 5.11 Å². The zero-order valence-electron chi connectivity index (χ0n) is 9.79. The SMILES string of the molecule is COc1cc([C@H](O)CCBr)c(OC)cc1C. The number of methoxy groups -OCH3 is 2. The molecule has 3 nitrogen and oxygen atoms in total. The van der Waals surface area contributed by atoms with Crippen molar-refractivity contribution >= 4 is 15.9 Å². The maximum absolute atomic E-state index is 9.98. The van der Waals surface area contributed by atoms with Crippen LogP contribution in [0.15, 0.2) is 12.1 Å². The molecule has 0 radical (unpaired) electrons. The molecule has 0 aliphatic heterocycles. The molecule has 90 valence electrons. The second-order valence-corrected chi connectivity index (χ2v) is 4.35. The van der Waals surface area contributed by atoms with E-state index in [-0.39, 0.29) is 0 Å². The van der Waals surface area contributed by atoms with Gasteiger partial charge < -0.3 is 14.6 Å². The summed E-state index contributed by atoms with van der Waals surface area (Å²) < 4.78 is 10.5. The third-order valence-electron chi connectivity index (χ3n) is 2.49. The van der Waals surface area contributed by atoms with Gasteiger partial charge in [-0.3, -0.25) is 0 Å². The Labute approximate surface area is 105 Å². The first-order chi connectivity index (χ1) is 7.63. The standard InChI is InChI=1S/C12H17BrO3/c1-8-6-12(16-3)9(7-11(8)15-2)10(14)4-5-13/h6-7,10,14H,4-5H2,1-3H3/t10-/m1/s1. The Morgan fingerprint density at radius 2 is 1.88 bits per heavy atom. The summed E-state index contributed by atoms with van der Waals surface area (Å²) in [6.07, 6.45) is 0.103. The zero-order valence-corrected chi connectivity index (χ0v) is 11.4. The molecule has 1 rings (SSSR count). The van der Waals surface area contributed by atoms with Gasteiger partial charge in [0.1, 0.15) is 11.5 Å². The number of aliphatic hydroxyl groups excluding tert-OH is 1. The van der Waals surface area contributed by atoms with Crippen LogP contribution < -0.4 is 9.47 Å². The summed E-state index contributed by atoms with van der Waals surface area (Å²) in [5, 5.41) is 10.7. The number of halogens is 1. The highest BCUT2D eigenvalue weighted by Crippen LogP contribution is 2.33. The minimum absolute atomic E-state index is 0.538. The first kappa shape index (κ1) is 13.3. The van der Waals surface area contributed by atoms with Crippen molar-refractivity contribution < 1.29 is 14.6 Å². The van der Waals surface area contributed by atoms with Crippen LogP contribution in [0, 0.1) is 6.92 Å². The maximum atomic E-state index is 9.98. The molecular formula is C12H17BrO3. The van der Waals surface area contributed by atoms with Crippen molar-refractivity contribution in [2.45, 2.75) is 19.4 Å². The van der Waals surface area contributed by atoms with E-state index < -0.39 is 6.10 Å². The van der Waals surface area contributed by atoms with E-state index in [2.05, 4.69) is 15.9 Å². The molecule has 0 heterocycles. The molecule has 1 atom stereocenters. The molecule has 0 aliphatic carbocycles. The minimum Gasteiger partial charge on any atom is -0.496 e. The van der Waals surface area contributed by atoms with Crippen molar-refractivity contribution in [3.05, 3.63) is 23.3 Å². The Morgan fingerprint density at radius 1 is 1.25 bits per heavy atom. The molecule has 0 bridgehead atoms. The maximum Gasteiger partial charge on any atom is 0.125 e. The Balaban J connectivity index is 3.13. The highest BCUT2D eigenvalue weighted by molar-refractivity contribution is 9.09. The highest BCUT2D eigenvalue weighted by Gasteiger charge is 2.15. The molecule has 1 aromatic carbocycles. The minimum atomic E-state index is -0.538. The zero-order chi connectivity index (χ0) is 12.1. The van der Waals surface area contributed by atoms with Crippen LogP contribution in [0.4, 0.5) is 0 Å². The second-order valence-electron chi connectivity index (χ2n) is 3.56. The fourth-order valence-electron chi connectivity index (χ4n) is 1.59. The fourth-order valence-corrected chi connectivity index (χ4v) is 2.03. The van der Waals surface area contributed by atoms with Crippen LogP contribution in [-0.4, -0.2) is 24.7 Å². The van der Waals surface area contributed by atoms with Crippen molar-refractivity contribution in [3.8, 4) is 11.5 Å². The van der Waals surface area contributed by atoms with Crippen LogP contribution in [0.5, 0.6) is 11.5 Å². The molecule has 16 heavy (non-hydrogen) atoms. The second kappa shape index (κ2) is 6.11. The van der Waals surface area contributed by atoms with Crippen molar-refractivity contribution in [2.75, 3.05) is 19.5 Å². The van der Waals surface area contributed by atoms with Gasteiger partial charge in [-0.15, -0.1) is 0 Å². The molecule has 0 fully saturated rings. The fraction of sp³-hybridized carbons (Fsp3) is 0.500. The molecule has 0 spiro atoms. The molecule has 0 aromatic heterocycles. The molecule has 1 N–H and O–H groups in total. The number of hydrogen-bond acceptors (Lipinski definition) is 3. The summed E-state index contributed by atoms with van der Waals surface area (Å²) in [7, 11) is 3.22. The third kappa shape index (κ3) is 2.89. The number of benzene rings is 1. The molecule has 0 saturated carbocycles. The van der Waals surface area contributed by atoms with Gasteiger partial charge in [0.25, 0.3) is 0 Å². The summed E-state index contributed by atoms with van der Waals surface area (Å²) in [5.41, 5.74) is 1.76. The van der Waals surface area contributed by atoms with E-state index >= 15 is 0 Å². The number of ether oxygens (including phenoxy) is 2. The summed E-state index contributed by atoms with van der Waals surface area (Å²) in [4.78, 5) is 0. The van der Waals surface area contributed by atoms with E-state index in [4.69, 9.17) is 9.47 Å². The summed E-state index contributed by atoms with van der Waals surface area (Å²) >= 11 is 3.31. The lowest BCUT2D eigenvalue weighted by Gasteiger charge is -2.16. The Morgan fingerprint density at radius 3 is 2.38 bits per heavy atom. The van der Waals surface area contributed by atoms with Crippen LogP contribution in [0.25, 0.3) is 0 Å². The first-order valence-corrected chi connectivity index (χ1v) is 6.22. The average Bonchev–Trinajstić information content (AvgIpc) is 2.28. The van der Waals surface area contributed by atoms with Gasteiger partial charge in [0, 0.05) is 10.9 Å². The molecular weight excluding hydrogens is 272 g/mol. The van der Waals surface area contributed by atoms with Crippen molar-refractivity contribution in [2.24, 2.45) is 0 Å². The van der Waals surface area contributed by atoms with Crippen molar-refractivity contribution in [1.29, 1.82) is 0 Å². The molecule has 1 aromatic rings. The van der Waals surface area contributed by atoms with Crippen molar-refractivity contribution in [1.82, 2.24) is 0 Å². The highest BCUT2D eigenvalue weighted by atomic mass is 79.9. The van der Waals surface area contributed by atoms with Gasteiger partial charge in [0.2, 0.25) is 0 Å². The number of aryl methyl sites for hydroxylation is 1. The number of hydrogen-bond donors (Lipinski definition) is 1. The van der Waals surface area contributed by atoms with E-state index in [1.807, 2.05) is 19.1 Å². The average molecular weight is 289 g/mol. The lowest BCUT2D eigenvalue weighted by atomic mass is 10.0. The van der Waals surface area contributed by atoms with Gasteiger partial charge in [-0.25, -0.2) is 0 Å². The molecule has 0 aliphatic rings. The van der Waals surface area contributed by atoms with Crippen LogP contribution in [0.1, 0.15) is 23.7 Å². The summed E-state index contributed by atoms with van der Waals surface area (Å²) in [5.74, 6) is 1.47. The summed E-state index contributed by atoms with van der Waals surface area (Å²) in [6, 6.07) is 3.72. The predicted octanol–water partition coefficient (Wildman–Crippen LogP) is 2.83. The van der Waals surface area contributed by atoms with Gasteiger partial charge >= 0.3 is 0 Å². The smallest absolute Gasteiger partial charge is 0.125 e. The Hall–Kier alpha value is -0.740. The number of aliphatic hydroxyl groups is 1. The topological polar surface area (TPSA) is 38.7 Å². The van der Waals surface area contributed by atoms with Crippen LogP contribution in [0.3, 0.4) is 0 Å². The number of rotatable bonds is 5. The van der Waals surface area contributed by atoms with E-state index in [0.717, 1.165) is 22.2 Å². The predicted molar refractivity (Wildman–Crippen MR) is 67.7 cm³/mol. The van der Waals surface area contributed by atoms with Gasteiger partial charge in [0.05, 0.1) is 20.3 Å². The molecule has 0 unspecified atom stereocenters. The molecule has 0 saturated heterocycles. The summed E-state index contributed by atoms with van der Waals surface area (Å²) in [6.45, 7) is 1.95. The van der Waals surface area contributed by atoms with Gasteiger partial charge in [-0.05, 0) is 31.0 Å². The Bertz CT molecular complexity index is 352. The lowest BCUT2D eigenvalue weighted by molar-refractivity contribution is 0.170. The normalized spacial score (nSPS) is 12.3. The lowest BCUT2D eigenvalue weighted by Crippen LogP contribution is -2.03. The number of alkyl halides is 1. The van der Waals surface area contributed by atoms with E-state index in [1.165, 1.54) is 0 Å². The van der Waals surface area contributed by atoms with E-state index in [0.29, 0.717) is 12.2 Å². The van der Waals surface area contributed by atoms with Gasteiger partial charge in [0.15, 0.2) is 0 Å². The van der Waals surface area contributed by atoms with Crippen LogP contribution >= 0.6 is 15.9 Å². The van der Waals surface area contributed by atoms with Crippen LogP contribution in [0.2, 0.25) is 0 Å². The monoisotopic (exact) mass is 288 g/mol. The first-order valence-electron chi connectivity index (χ1n) is 5.10. The van der Waals surface area contributed by atoms with E-state index in [1.54, 1.807) is 14.2 Å². The molecule has 4 heteroatoms.